The minimum atomic E-state index is -1.22. The lowest BCUT2D eigenvalue weighted by atomic mass is 9.84. The van der Waals surface area contributed by atoms with Gasteiger partial charge in [-0.05, 0) is 61.5 Å². The second-order valence-corrected chi connectivity index (χ2v) is 11.7. The number of rotatable bonds is 16. The van der Waals surface area contributed by atoms with Crippen LogP contribution in [0.3, 0.4) is 0 Å². The third-order valence-corrected chi connectivity index (χ3v) is 9.00. The zero-order chi connectivity index (χ0) is 26.8. The van der Waals surface area contributed by atoms with E-state index < -0.39 is 49.5 Å². The molecule has 5 unspecified atom stereocenters. The summed E-state index contributed by atoms with van der Waals surface area (Å²) in [6.07, 6.45) is 4.13. The smallest absolute Gasteiger partial charge is 0.305 e. The van der Waals surface area contributed by atoms with Crippen LogP contribution in [0.2, 0.25) is 0 Å². The molecule has 1 aliphatic carbocycles. The molecule has 0 aliphatic heterocycles. The van der Waals surface area contributed by atoms with Crippen molar-refractivity contribution in [3.05, 3.63) is 35.2 Å². The summed E-state index contributed by atoms with van der Waals surface area (Å²) in [7, 11) is 0. The number of carbonyl (C=O) groups is 1. The first kappa shape index (κ1) is 30.0. The first-order valence-corrected chi connectivity index (χ1v) is 14.1. The quantitative estimate of drug-likeness (QED) is 0.141. The maximum Gasteiger partial charge on any atom is 0.305 e. The Hall–Kier alpha value is -1.59. The van der Waals surface area contributed by atoms with Gasteiger partial charge in [0.15, 0.2) is 0 Å². The summed E-state index contributed by atoms with van der Waals surface area (Å²) in [5.74, 6) is -0.469. The van der Waals surface area contributed by atoms with Gasteiger partial charge in [0.2, 0.25) is 0 Å². The fourth-order valence-electron chi connectivity index (χ4n) is 5.24. The molecule has 1 aromatic heterocycles. The van der Waals surface area contributed by atoms with Crippen molar-refractivity contribution in [3.63, 3.8) is 0 Å². The molecule has 0 radical (unpaired) electrons. The molecule has 9 heteroatoms. The summed E-state index contributed by atoms with van der Waals surface area (Å²) in [4.78, 5) is 12.9. The monoisotopic (exact) mass is 538 g/mol. The maximum absolute atomic E-state index is 11.9. The number of aliphatic hydroxyl groups excluding tert-OH is 6. The Bertz CT molecular complexity index is 917. The highest BCUT2D eigenvalue weighted by atomic mass is 32.1. The number of hydrogen-bond acceptors (Lipinski definition) is 9. The third-order valence-electron chi connectivity index (χ3n) is 7.78. The number of aliphatic hydroxyl groups is 6. The second kappa shape index (κ2) is 14.5. The Morgan fingerprint density at radius 1 is 0.973 bits per heavy atom. The molecule has 1 heterocycles. The Morgan fingerprint density at radius 2 is 1.62 bits per heavy atom. The highest BCUT2D eigenvalue weighted by molar-refractivity contribution is 7.19. The highest BCUT2D eigenvalue weighted by Gasteiger charge is 2.41. The normalized spacial score (nSPS) is 23.0. The van der Waals surface area contributed by atoms with Crippen molar-refractivity contribution in [3.8, 4) is 0 Å². The van der Waals surface area contributed by atoms with Gasteiger partial charge in [0.1, 0.15) is 6.61 Å². The van der Waals surface area contributed by atoms with Gasteiger partial charge in [-0.25, -0.2) is 0 Å². The fourth-order valence-corrected chi connectivity index (χ4v) is 6.32. The summed E-state index contributed by atoms with van der Waals surface area (Å²) in [5, 5.41) is 60.8. The Kier molecular flexibility index (Phi) is 11.8. The lowest BCUT2D eigenvalue weighted by molar-refractivity contribution is -0.151. The van der Waals surface area contributed by atoms with E-state index in [0.29, 0.717) is 25.7 Å². The zero-order valence-electron chi connectivity index (χ0n) is 21.4. The molecule has 1 aliphatic rings. The summed E-state index contributed by atoms with van der Waals surface area (Å²) in [6.45, 7) is -1.64. The molecule has 0 amide bonds. The van der Waals surface area contributed by atoms with Crippen molar-refractivity contribution in [1.29, 1.82) is 0 Å². The van der Waals surface area contributed by atoms with Crippen LogP contribution in [0.25, 0.3) is 10.1 Å². The second-order valence-electron chi connectivity index (χ2n) is 10.6. The molecule has 3 rings (SSSR count). The first-order chi connectivity index (χ1) is 17.8. The van der Waals surface area contributed by atoms with Crippen molar-refractivity contribution < 1.29 is 40.2 Å². The summed E-state index contributed by atoms with van der Waals surface area (Å²) in [6, 6.07) is 10.1. The highest BCUT2D eigenvalue weighted by Crippen LogP contribution is 2.41. The number of unbranched alkanes of at least 4 members (excludes halogenated alkanes) is 3. The topological polar surface area (TPSA) is 148 Å². The van der Waals surface area contributed by atoms with E-state index in [2.05, 4.69) is 0 Å². The molecular formula is C28H42O8S. The predicted octanol–water partition coefficient (Wildman–Crippen LogP) is 2.92. The molecular weight excluding hydrogens is 496 g/mol. The van der Waals surface area contributed by atoms with Crippen LogP contribution in [0.1, 0.15) is 68.8 Å². The molecule has 0 spiro atoms. The SMILES string of the molecule is O=C(CCCCCCC1C(O)CC(O)C1CCC(O)c1cc2ccccc2s1)OCC(CO)(CO)CO. The van der Waals surface area contributed by atoms with E-state index in [1.165, 1.54) is 0 Å². The van der Waals surface area contributed by atoms with Gasteiger partial charge in [0.05, 0.1) is 43.5 Å². The molecule has 6 N–H and O–H groups in total. The molecule has 1 fully saturated rings. The van der Waals surface area contributed by atoms with Gasteiger partial charge in [-0.3, -0.25) is 4.79 Å². The number of ether oxygens (including phenoxy) is 1. The van der Waals surface area contributed by atoms with Crippen molar-refractivity contribution in [1.82, 2.24) is 0 Å². The van der Waals surface area contributed by atoms with Gasteiger partial charge >= 0.3 is 5.97 Å². The average Bonchev–Trinajstić information content (AvgIpc) is 3.46. The lowest BCUT2D eigenvalue weighted by Crippen LogP contribution is -2.39. The summed E-state index contributed by atoms with van der Waals surface area (Å²) >= 11 is 1.59. The molecule has 0 saturated heterocycles. The number of carbonyl (C=O) groups excluding carboxylic acids is 1. The van der Waals surface area contributed by atoms with Gasteiger partial charge in [-0.15, -0.1) is 11.3 Å². The average molecular weight is 539 g/mol. The van der Waals surface area contributed by atoms with Crippen LogP contribution >= 0.6 is 11.3 Å². The standard InChI is InChI=1S/C28H42O8S/c29-15-28(16-30,17-31)18-36-27(35)10-4-2-1-3-8-20-21(24(34)14-23(20)33)11-12-22(32)26-13-19-7-5-6-9-25(19)37-26/h5-7,9,13,20-24,29-34H,1-4,8,10-12,14-18H2. The number of benzene rings is 1. The van der Waals surface area contributed by atoms with E-state index in [1.807, 2.05) is 30.3 Å². The van der Waals surface area contributed by atoms with Crippen LogP contribution < -0.4 is 0 Å². The summed E-state index contributed by atoms with van der Waals surface area (Å²) < 4.78 is 6.25. The fraction of sp³-hybridized carbons (Fsp3) is 0.679. The van der Waals surface area contributed by atoms with Crippen LogP contribution in [0, 0.1) is 17.3 Å². The molecule has 1 saturated carbocycles. The van der Waals surface area contributed by atoms with E-state index >= 15 is 0 Å². The van der Waals surface area contributed by atoms with Gasteiger partial charge in [-0.2, -0.15) is 0 Å². The van der Waals surface area contributed by atoms with Crippen LogP contribution in [0.15, 0.2) is 30.3 Å². The van der Waals surface area contributed by atoms with Crippen molar-refractivity contribution in [2.75, 3.05) is 26.4 Å². The third kappa shape index (κ3) is 8.20. The largest absolute Gasteiger partial charge is 0.465 e. The minimum absolute atomic E-state index is 0.00172. The number of hydrogen-bond donors (Lipinski definition) is 6. The van der Waals surface area contributed by atoms with E-state index in [4.69, 9.17) is 4.74 Å². The summed E-state index contributed by atoms with van der Waals surface area (Å²) in [5.41, 5.74) is -1.22. The molecule has 37 heavy (non-hydrogen) atoms. The molecule has 0 bridgehead atoms. The van der Waals surface area contributed by atoms with Crippen molar-refractivity contribution in [2.45, 2.75) is 76.1 Å². The number of esters is 1. The van der Waals surface area contributed by atoms with Crippen molar-refractivity contribution in [2.24, 2.45) is 17.3 Å². The predicted molar refractivity (Wildman–Crippen MR) is 142 cm³/mol. The van der Waals surface area contributed by atoms with Crippen molar-refractivity contribution >= 4 is 27.4 Å². The van der Waals surface area contributed by atoms with Gasteiger partial charge < -0.3 is 35.4 Å². The zero-order valence-corrected chi connectivity index (χ0v) is 22.2. The minimum Gasteiger partial charge on any atom is -0.465 e. The van der Waals surface area contributed by atoms with E-state index in [0.717, 1.165) is 40.6 Å². The Labute approximate surface area is 222 Å². The Balaban J connectivity index is 1.36. The van der Waals surface area contributed by atoms with Crippen LogP contribution in [0.5, 0.6) is 0 Å². The van der Waals surface area contributed by atoms with E-state index in [1.54, 1.807) is 11.3 Å². The Morgan fingerprint density at radius 3 is 2.30 bits per heavy atom. The number of fused-ring (bicyclic) bond motifs is 1. The van der Waals surface area contributed by atoms with E-state index in [9.17, 15) is 35.4 Å². The maximum atomic E-state index is 11.9. The molecule has 5 atom stereocenters. The van der Waals surface area contributed by atoms with Gasteiger partial charge in [-0.1, -0.05) is 37.5 Å². The molecule has 8 nitrogen and oxygen atoms in total. The lowest BCUT2D eigenvalue weighted by Gasteiger charge is -2.26. The van der Waals surface area contributed by atoms with Crippen LogP contribution in [0.4, 0.5) is 0 Å². The molecule has 1 aromatic carbocycles. The molecule has 208 valence electrons. The van der Waals surface area contributed by atoms with Crippen LogP contribution in [-0.2, 0) is 9.53 Å². The molecule has 2 aromatic rings. The van der Waals surface area contributed by atoms with Gasteiger partial charge in [0.25, 0.3) is 0 Å². The number of thiophene rings is 1. The van der Waals surface area contributed by atoms with E-state index in [-0.39, 0.29) is 24.9 Å². The van der Waals surface area contributed by atoms with Gasteiger partial charge in [0, 0.05) is 16.0 Å². The first-order valence-electron chi connectivity index (χ1n) is 13.3. The van der Waals surface area contributed by atoms with Crippen LogP contribution in [-0.4, -0.2) is 75.2 Å².